The summed E-state index contributed by atoms with van der Waals surface area (Å²) in [6, 6.07) is 9.90. The molecule has 0 heterocycles. The summed E-state index contributed by atoms with van der Waals surface area (Å²) in [5.74, 6) is -0.289. The number of aryl methyl sites for hydroxylation is 1. The first kappa shape index (κ1) is 16.8. The maximum Gasteiger partial charge on any atom is 0.274 e. The van der Waals surface area contributed by atoms with Crippen LogP contribution in [0.5, 0.6) is 0 Å². The van der Waals surface area contributed by atoms with Gasteiger partial charge in [-0.25, -0.2) is 0 Å². The molecular formula is C16H16ClN3O3. The fraction of sp³-hybridized carbons (Fsp3) is 0.188. The third kappa shape index (κ3) is 4.20. The van der Waals surface area contributed by atoms with Crippen LogP contribution in [0.25, 0.3) is 0 Å². The molecule has 2 aromatic rings. The van der Waals surface area contributed by atoms with E-state index in [4.69, 9.17) is 11.6 Å². The summed E-state index contributed by atoms with van der Waals surface area (Å²) in [5, 5.41) is 17.2. The van der Waals surface area contributed by atoms with Crippen LogP contribution in [0.15, 0.2) is 36.4 Å². The molecule has 120 valence electrons. The summed E-state index contributed by atoms with van der Waals surface area (Å²) in [6.45, 7) is 3.53. The van der Waals surface area contributed by atoms with Crippen molar-refractivity contribution in [2.24, 2.45) is 0 Å². The Morgan fingerprint density at radius 3 is 2.61 bits per heavy atom. The van der Waals surface area contributed by atoms with Crippen LogP contribution in [0, 0.1) is 24.0 Å². The van der Waals surface area contributed by atoms with Crippen LogP contribution in [-0.4, -0.2) is 17.4 Å². The predicted molar refractivity (Wildman–Crippen MR) is 91.1 cm³/mol. The van der Waals surface area contributed by atoms with Gasteiger partial charge in [-0.05, 0) is 43.7 Å². The molecule has 2 aromatic carbocycles. The van der Waals surface area contributed by atoms with Gasteiger partial charge in [-0.15, -0.1) is 0 Å². The zero-order chi connectivity index (χ0) is 17.0. The topological polar surface area (TPSA) is 84.3 Å². The molecule has 1 amide bonds. The third-order valence-corrected chi connectivity index (χ3v) is 3.64. The lowest BCUT2D eigenvalue weighted by atomic mass is 10.1. The van der Waals surface area contributed by atoms with Crippen molar-refractivity contribution in [2.45, 2.75) is 13.8 Å². The van der Waals surface area contributed by atoms with Gasteiger partial charge in [0.1, 0.15) is 0 Å². The Morgan fingerprint density at radius 1 is 1.22 bits per heavy atom. The summed E-state index contributed by atoms with van der Waals surface area (Å²) in [6.07, 6.45) is 0. The Labute approximate surface area is 138 Å². The van der Waals surface area contributed by atoms with Crippen molar-refractivity contribution in [3.8, 4) is 0 Å². The van der Waals surface area contributed by atoms with E-state index in [1.54, 1.807) is 31.2 Å². The molecular weight excluding hydrogens is 318 g/mol. The van der Waals surface area contributed by atoms with Crippen LogP contribution in [0.1, 0.15) is 11.1 Å². The largest absolute Gasteiger partial charge is 0.376 e. The lowest BCUT2D eigenvalue weighted by Gasteiger charge is -2.11. The van der Waals surface area contributed by atoms with E-state index in [2.05, 4.69) is 10.6 Å². The maximum absolute atomic E-state index is 12.0. The van der Waals surface area contributed by atoms with E-state index in [0.29, 0.717) is 16.3 Å². The van der Waals surface area contributed by atoms with Gasteiger partial charge in [-0.2, -0.15) is 0 Å². The Morgan fingerprint density at radius 2 is 1.96 bits per heavy atom. The van der Waals surface area contributed by atoms with Gasteiger partial charge < -0.3 is 10.6 Å². The molecule has 0 aromatic heterocycles. The highest BCUT2D eigenvalue weighted by molar-refractivity contribution is 6.30. The van der Waals surface area contributed by atoms with E-state index in [0.717, 1.165) is 11.3 Å². The molecule has 0 bridgehead atoms. The second-order valence-corrected chi connectivity index (χ2v) is 5.50. The standard InChI is InChI=1S/C16H16ClN3O3/c1-10-8-12(17)6-7-13(10)18-9-16(21)19-14-4-3-5-15(11(14)2)20(22)23/h3-8,18H,9H2,1-2H3,(H,19,21). The number of amides is 1. The van der Waals surface area contributed by atoms with Gasteiger partial charge >= 0.3 is 0 Å². The normalized spacial score (nSPS) is 10.2. The monoisotopic (exact) mass is 333 g/mol. The van der Waals surface area contributed by atoms with Gasteiger partial charge in [0, 0.05) is 16.8 Å². The molecule has 0 spiro atoms. The molecule has 6 nitrogen and oxygen atoms in total. The number of carbonyl (C=O) groups is 1. The molecule has 0 atom stereocenters. The molecule has 23 heavy (non-hydrogen) atoms. The average molecular weight is 334 g/mol. The summed E-state index contributed by atoms with van der Waals surface area (Å²) < 4.78 is 0. The third-order valence-electron chi connectivity index (χ3n) is 3.40. The van der Waals surface area contributed by atoms with E-state index in [1.165, 1.54) is 12.1 Å². The van der Waals surface area contributed by atoms with Gasteiger partial charge in [-0.3, -0.25) is 14.9 Å². The smallest absolute Gasteiger partial charge is 0.274 e. The first-order chi connectivity index (χ1) is 10.9. The van der Waals surface area contributed by atoms with Crippen molar-refractivity contribution in [2.75, 3.05) is 17.2 Å². The van der Waals surface area contributed by atoms with E-state index < -0.39 is 4.92 Å². The lowest BCUT2D eigenvalue weighted by Crippen LogP contribution is -2.22. The molecule has 7 heteroatoms. The minimum absolute atomic E-state index is 0.0238. The summed E-state index contributed by atoms with van der Waals surface area (Å²) in [7, 11) is 0. The van der Waals surface area contributed by atoms with Crippen molar-refractivity contribution in [1.29, 1.82) is 0 Å². The second-order valence-electron chi connectivity index (χ2n) is 5.07. The minimum atomic E-state index is -0.472. The number of anilines is 2. The Balaban J connectivity index is 2.03. The fourth-order valence-corrected chi connectivity index (χ4v) is 2.38. The molecule has 0 aliphatic carbocycles. The number of hydrogen-bond donors (Lipinski definition) is 2. The maximum atomic E-state index is 12.0. The predicted octanol–water partition coefficient (Wildman–Crippen LogP) is 3.92. The molecule has 0 radical (unpaired) electrons. The molecule has 0 fully saturated rings. The second kappa shape index (κ2) is 7.11. The van der Waals surface area contributed by atoms with E-state index in [1.807, 2.05) is 6.92 Å². The van der Waals surface area contributed by atoms with Crippen molar-refractivity contribution < 1.29 is 9.72 Å². The molecule has 0 unspecified atom stereocenters. The van der Waals surface area contributed by atoms with Crippen molar-refractivity contribution in [3.63, 3.8) is 0 Å². The van der Waals surface area contributed by atoms with Gasteiger partial charge in [0.15, 0.2) is 0 Å². The Kier molecular flexibility index (Phi) is 5.18. The van der Waals surface area contributed by atoms with Crippen LogP contribution in [-0.2, 0) is 4.79 Å². The minimum Gasteiger partial charge on any atom is -0.376 e. The van der Waals surface area contributed by atoms with Crippen LogP contribution in [0.2, 0.25) is 5.02 Å². The van der Waals surface area contributed by atoms with Gasteiger partial charge in [0.2, 0.25) is 5.91 Å². The zero-order valence-corrected chi connectivity index (χ0v) is 13.5. The van der Waals surface area contributed by atoms with E-state index in [-0.39, 0.29) is 18.1 Å². The highest BCUT2D eigenvalue weighted by Crippen LogP contribution is 2.25. The molecule has 0 aliphatic heterocycles. The fourth-order valence-electron chi connectivity index (χ4n) is 2.15. The highest BCUT2D eigenvalue weighted by atomic mass is 35.5. The van der Waals surface area contributed by atoms with Crippen molar-refractivity contribution >= 4 is 34.6 Å². The summed E-state index contributed by atoms with van der Waals surface area (Å²) >= 11 is 5.88. The quantitative estimate of drug-likeness (QED) is 0.641. The first-order valence-corrected chi connectivity index (χ1v) is 7.30. The van der Waals surface area contributed by atoms with Crippen molar-refractivity contribution in [1.82, 2.24) is 0 Å². The van der Waals surface area contributed by atoms with Gasteiger partial charge in [-0.1, -0.05) is 17.7 Å². The lowest BCUT2D eigenvalue weighted by molar-refractivity contribution is -0.385. The number of nitro benzene ring substituents is 1. The number of nitrogens with one attached hydrogen (secondary N) is 2. The van der Waals surface area contributed by atoms with Crippen LogP contribution in [0.3, 0.4) is 0 Å². The highest BCUT2D eigenvalue weighted by Gasteiger charge is 2.14. The Hall–Kier alpha value is -2.60. The number of rotatable bonds is 5. The summed E-state index contributed by atoms with van der Waals surface area (Å²) in [5.41, 5.74) is 2.56. The first-order valence-electron chi connectivity index (χ1n) is 6.92. The van der Waals surface area contributed by atoms with E-state index in [9.17, 15) is 14.9 Å². The Bertz CT molecular complexity index is 762. The zero-order valence-electron chi connectivity index (χ0n) is 12.7. The number of nitro groups is 1. The van der Waals surface area contributed by atoms with Crippen LogP contribution < -0.4 is 10.6 Å². The van der Waals surface area contributed by atoms with Gasteiger partial charge in [0.25, 0.3) is 5.69 Å². The van der Waals surface area contributed by atoms with Gasteiger partial charge in [0.05, 0.1) is 22.7 Å². The van der Waals surface area contributed by atoms with E-state index >= 15 is 0 Å². The van der Waals surface area contributed by atoms with Crippen LogP contribution >= 0.6 is 11.6 Å². The van der Waals surface area contributed by atoms with Crippen molar-refractivity contribution in [3.05, 3.63) is 62.7 Å². The molecule has 2 rings (SSSR count). The number of benzene rings is 2. The van der Waals surface area contributed by atoms with Crippen LogP contribution in [0.4, 0.5) is 17.1 Å². The summed E-state index contributed by atoms with van der Waals surface area (Å²) in [4.78, 5) is 22.5. The molecule has 2 N–H and O–H groups in total. The number of hydrogen-bond acceptors (Lipinski definition) is 4. The number of carbonyl (C=O) groups excluding carboxylic acids is 1. The number of nitrogens with zero attached hydrogens (tertiary/aromatic N) is 1. The molecule has 0 aliphatic rings. The number of halogens is 1. The molecule has 0 saturated carbocycles. The average Bonchev–Trinajstić information content (AvgIpc) is 2.48. The molecule has 0 saturated heterocycles. The SMILES string of the molecule is Cc1cc(Cl)ccc1NCC(=O)Nc1cccc([N+](=O)[O-])c1C.